The van der Waals surface area contributed by atoms with Crippen LogP contribution >= 0.6 is 11.3 Å². The van der Waals surface area contributed by atoms with E-state index in [0.29, 0.717) is 12.5 Å². The summed E-state index contributed by atoms with van der Waals surface area (Å²) in [5.74, 6) is 2.14. The fourth-order valence-corrected chi connectivity index (χ4v) is 3.31. The van der Waals surface area contributed by atoms with Crippen molar-refractivity contribution in [3.8, 4) is 11.5 Å². The van der Waals surface area contributed by atoms with E-state index >= 15 is 0 Å². The summed E-state index contributed by atoms with van der Waals surface area (Å²) in [5.41, 5.74) is 7.14. The molecule has 0 amide bonds. The minimum absolute atomic E-state index is 0.422. The van der Waals surface area contributed by atoms with Gasteiger partial charge in [-0.25, -0.2) is 4.98 Å². The van der Waals surface area contributed by atoms with Gasteiger partial charge in [-0.3, -0.25) is 5.43 Å². The van der Waals surface area contributed by atoms with E-state index in [0.717, 1.165) is 33.5 Å². The molecule has 3 aromatic rings. The first kappa shape index (κ1) is 19.9. The summed E-state index contributed by atoms with van der Waals surface area (Å²) < 4.78 is 11.4. The lowest BCUT2D eigenvalue weighted by atomic mass is 10.0. The smallest absolute Gasteiger partial charge is 0.203 e. The van der Waals surface area contributed by atoms with Crippen molar-refractivity contribution in [3.05, 3.63) is 70.2 Å². The van der Waals surface area contributed by atoms with Gasteiger partial charge in [0.15, 0.2) is 0 Å². The molecular weight excluding hydrogens is 370 g/mol. The van der Waals surface area contributed by atoms with Gasteiger partial charge >= 0.3 is 0 Å². The second-order valence-corrected chi connectivity index (χ2v) is 7.61. The van der Waals surface area contributed by atoms with Gasteiger partial charge in [0.2, 0.25) is 5.13 Å². The van der Waals surface area contributed by atoms with Crippen molar-refractivity contribution in [3.63, 3.8) is 0 Å². The topological polar surface area (TPSA) is 55.7 Å². The van der Waals surface area contributed by atoms with E-state index in [1.54, 1.807) is 13.3 Å². The van der Waals surface area contributed by atoms with Crippen LogP contribution in [0.2, 0.25) is 0 Å². The van der Waals surface area contributed by atoms with Crippen LogP contribution in [0.15, 0.2) is 52.9 Å². The fourth-order valence-electron chi connectivity index (χ4n) is 2.67. The number of ether oxygens (including phenoxy) is 2. The zero-order valence-corrected chi connectivity index (χ0v) is 17.4. The maximum atomic E-state index is 5.95. The number of anilines is 1. The Balaban J connectivity index is 1.66. The molecule has 0 saturated carbocycles. The van der Waals surface area contributed by atoms with Crippen LogP contribution < -0.4 is 14.9 Å². The van der Waals surface area contributed by atoms with Gasteiger partial charge in [-0.15, -0.1) is 11.3 Å². The van der Waals surface area contributed by atoms with Crippen LogP contribution in [0.1, 0.15) is 42.1 Å². The first-order valence-corrected chi connectivity index (χ1v) is 10.0. The Morgan fingerprint density at radius 1 is 1.18 bits per heavy atom. The van der Waals surface area contributed by atoms with E-state index in [1.807, 2.05) is 42.6 Å². The van der Waals surface area contributed by atoms with Crippen LogP contribution in [0.25, 0.3) is 0 Å². The van der Waals surface area contributed by atoms with Gasteiger partial charge in [0.25, 0.3) is 0 Å². The number of nitrogens with zero attached hydrogens (tertiary/aromatic N) is 2. The summed E-state index contributed by atoms with van der Waals surface area (Å²) in [5, 5.41) is 7.01. The van der Waals surface area contributed by atoms with Gasteiger partial charge in [-0.2, -0.15) is 5.10 Å². The Morgan fingerprint density at radius 2 is 1.96 bits per heavy atom. The zero-order valence-electron chi connectivity index (χ0n) is 16.6. The van der Waals surface area contributed by atoms with E-state index in [1.165, 1.54) is 16.9 Å². The van der Waals surface area contributed by atoms with Crippen LogP contribution in [0.5, 0.6) is 11.5 Å². The van der Waals surface area contributed by atoms with Crippen molar-refractivity contribution in [1.29, 1.82) is 0 Å². The van der Waals surface area contributed by atoms with E-state index in [-0.39, 0.29) is 0 Å². The van der Waals surface area contributed by atoms with Gasteiger partial charge < -0.3 is 9.47 Å². The molecule has 0 aliphatic heterocycles. The van der Waals surface area contributed by atoms with Gasteiger partial charge in [0.1, 0.15) is 18.1 Å². The molecule has 1 heterocycles. The Bertz CT molecular complexity index is 933. The molecule has 0 spiro atoms. The predicted molar refractivity (Wildman–Crippen MR) is 116 cm³/mol. The standard InChI is InChI=1S/C22H25N3O2S/c1-15(2)18-6-8-20(9-7-18)27-13-19-11-17(5-10-21(19)26-4)12-23-25-22-24-16(3)14-28-22/h5-12,14-15H,13H2,1-4H3,(H,24,25). The summed E-state index contributed by atoms with van der Waals surface area (Å²) >= 11 is 1.53. The maximum Gasteiger partial charge on any atom is 0.203 e. The number of rotatable bonds is 8. The molecule has 2 aromatic carbocycles. The van der Waals surface area contributed by atoms with Crippen molar-refractivity contribution in [1.82, 2.24) is 4.98 Å². The van der Waals surface area contributed by atoms with Crippen LogP contribution in [0, 0.1) is 6.92 Å². The highest BCUT2D eigenvalue weighted by molar-refractivity contribution is 7.13. The highest BCUT2D eigenvalue weighted by Crippen LogP contribution is 2.23. The highest BCUT2D eigenvalue weighted by Gasteiger charge is 2.06. The van der Waals surface area contributed by atoms with Crippen molar-refractivity contribution in [2.24, 2.45) is 5.10 Å². The SMILES string of the molecule is COc1ccc(C=NNc2nc(C)cs2)cc1COc1ccc(C(C)C)cc1. The Morgan fingerprint density at radius 3 is 2.61 bits per heavy atom. The molecular formula is C22H25N3O2S. The molecule has 28 heavy (non-hydrogen) atoms. The van der Waals surface area contributed by atoms with E-state index in [4.69, 9.17) is 9.47 Å². The van der Waals surface area contributed by atoms with Crippen LogP contribution in [-0.2, 0) is 6.61 Å². The molecule has 1 N–H and O–H groups in total. The normalized spacial score (nSPS) is 11.2. The molecule has 146 valence electrons. The molecule has 0 fully saturated rings. The predicted octanol–water partition coefficient (Wildman–Crippen LogP) is 5.61. The van der Waals surface area contributed by atoms with Crippen LogP contribution in [0.3, 0.4) is 0 Å². The third-order valence-electron chi connectivity index (χ3n) is 4.24. The van der Waals surface area contributed by atoms with Crippen molar-refractivity contribution in [2.75, 3.05) is 12.5 Å². The summed E-state index contributed by atoms with van der Waals surface area (Å²) in [6, 6.07) is 14.1. The lowest BCUT2D eigenvalue weighted by molar-refractivity contribution is 0.296. The first-order valence-electron chi connectivity index (χ1n) is 9.16. The number of hydrogen-bond acceptors (Lipinski definition) is 6. The molecule has 0 bridgehead atoms. The Labute approximate surface area is 170 Å². The zero-order chi connectivity index (χ0) is 19.9. The Hall–Kier alpha value is -2.86. The van der Waals surface area contributed by atoms with Crippen molar-refractivity contribution < 1.29 is 9.47 Å². The van der Waals surface area contributed by atoms with Gasteiger partial charge in [-0.1, -0.05) is 26.0 Å². The minimum Gasteiger partial charge on any atom is -0.496 e. The molecule has 0 saturated heterocycles. The second kappa shape index (κ2) is 9.37. The molecule has 0 aliphatic carbocycles. The molecule has 3 rings (SSSR count). The second-order valence-electron chi connectivity index (χ2n) is 6.75. The number of hydrogen-bond donors (Lipinski definition) is 1. The number of hydrazone groups is 1. The van der Waals surface area contributed by atoms with Crippen molar-refractivity contribution in [2.45, 2.75) is 33.3 Å². The maximum absolute atomic E-state index is 5.95. The largest absolute Gasteiger partial charge is 0.496 e. The third-order valence-corrected chi connectivity index (χ3v) is 5.10. The molecule has 6 heteroatoms. The summed E-state index contributed by atoms with van der Waals surface area (Å²) in [7, 11) is 1.66. The molecule has 5 nitrogen and oxygen atoms in total. The van der Waals surface area contributed by atoms with Crippen molar-refractivity contribution >= 4 is 22.7 Å². The number of aryl methyl sites for hydroxylation is 1. The molecule has 0 aliphatic rings. The molecule has 1 aromatic heterocycles. The molecule has 0 radical (unpaired) electrons. The lowest BCUT2D eigenvalue weighted by Gasteiger charge is -2.12. The van der Waals surface area contributed by atoms with Gasteiger partial charge in [-0.05, 0) is 54.3 Å². The summed E-state index contributed by atoms with van der Waals surface area (Å²) in [4.78, 5) is 4.32. The summed E-state index contributed by atoms with van der Waals surface area (Å²) in [6.45, 7) is 6.74. The van der Waals surface area contributed by atoms with Gasteiger partial charge in [0, 0.05) is 10.9 Å². The number of methoxy groups -OCH3 is 1. The quantitative estimate of drug-likeness (QED) is 0.398. The summed E-state index contributed by atoms with van der Waals surface area (Å²) in [6.07, 6.45) is 1.76. The van der Waals surface area contributed by atoms with Gasteiger partial charge in [0.05, 0.1) is 19.0 Å². The Kier molecular flexibility index (Phi) is 6.66. The van der Waals surface area contributed by atoms with E-state index < -0.39 is 0 Å². The lowest BCUT2D eigenvalue weighted by Crippen LogP contribution is -2.00. The van der Waals surface area contributed by atoms with E-state index in [2.05, 4.69) is 41.5 Å². The number of nitrogens with one attached hydrogen (secondary N) is 1. The number of thiazole rings is 1. The highest BCUT2D eigenvalue weighted by atomic mass is 32.1. The van der Waals surface area contributed by atoms with Crippen LogP contribution in [-0.4, -0.2) is 18.3 Å². The average Bonchev–Trinajstić information content (AvgIpc) is 3.12. The molecule has 0 unspecified atom stereocenters. The number of benzene rings is 2. The number of aromatic nitrogens is 1. The first-order chi connectivity index (χ1) is 13.5. The fraction of sp³-hybridized carbons (Fsp3) is 0.273. The average molecular weight is 396 g/mol. The van der Waals surface area contributed by atoms with E-state index in [9.17, 15) is 0 Å². The molecule has 0 atom stereocenters. The minimum atomic E-state index is 0.422. The third kappa shape index (κ3) is 5.33. The van der Waals surface area contributed by atoms with Crippen LogP contribution in [0.4, 0.5) is 5.13 Å². The monoisotopic (exact) mass is 395 g/mol.